The van der Waals surface area contributed by atoms with Gasteiger partial charge in [-0.3, -0.25) is 5.10 Å². The Kier molecular flexibility index (Phi) is 6.27. The van der Waals surface area contributed by atoms with E-state index >= 15 is 0 Å². The summed E-state index contributed by atoms with van der Waals surface area (Å²) in [5.74, 6) is 0.980. The molecule has 0 aliphatic carbocycles. The van der Waals surface area contributed by atoms with Crippen LogP contribution in [0.2, 0.25) is 0 Å². The number of hydrogen-bond acceptors (Lipinski definition) is 4. The average molecular weight is 405 g/mol. The third-order valence-corrected chi connectivity index (χ3v) is 5.42. The van der Waals surface area contributed by atoms with Crippen molar-refractivity contribution in [1.82, 2.24) is 20.1 Å². The smallest absolute Gasteiger partial charge is 0.321 e. The van der Waals surface area contributed by atoms with E-state index < -0.39 is 0 Å². The van der Waals surface area contributed by atoms with Crippen molar-refractivity contribution in [2.75, 3.05) is 36.9 Å². The van der Waals surface area contributed by atoms with Crippen molar-refractivity contribution in [2.24, 2.45) is 0 Å². The molecule has 0 saturated carbocycles. The van der Waals surface area contributed by atoms with Crippen molar-refractivity contribution in [3.8, 4) is 11.3 Å². The van der Waals surface area contributed by atoms with Gasteiger partial charge in [-0.1, -0.05) is 30.3 Å². The highest BCUT2D eigenvalue weighted by atomic mass is 16.2. The Morgan fingerprint density at radius 1 is 1.17 bits per heavy atom. The molecule has 30 heavy (non-hydrogen) atoms. The Morgan fingerprint density at radius 2 is 1.97 bits per heavy atom. The van der Waals surface area contributed by atoms with Gasteiger partial charge < -0.3 is 15.1 Å². The number of aromatic amines is 1. The zero-order valence-corrected chi connectivity index (χ0v) is 17.3. The summed E-state index contributed by atoms with van der Waals surface area (Å²) in [5, 5.41) is 10.4. The number of urea groups is 1. The second-order valence-corrected chi connectivity index (χ2v) is 7.70. The molecule has 3 aromatic rings. The number of carbonyl (C=O) groups excluding carboxylic acids is 1. The first-order chi connectivity index (χ1) is 14.7. The van der Waals surface area contributed by atoms with E-state index in [1.807, 2.05) is 49.5 Å². The first-order valence-corrected chi connectivity index (χ1v) is 10.5. The van der Waals surface area contributed by atoms with Crippen LogP contribution in [0.1, 0.15) is 25.0 Å². The molecule has 0 spiro atoms. The van der Waals surface area contributed by atoms with Gasteiger partial charge in [-0.05, 0) is 43.9 Å². The predicted octanol–water partition coefficient (Wildman–Crippen LogP) is 4.17. The van der Waals surface area contributed by atoms with E-state index in [0.717, 1.165) is 54.4 Å². The topological polar surface area (TPSA) is 77.2 Å². The third-order valence-electron chi connectivity index (χ3n) is 5.42. The number of nitrogens with zero attached hydrogens (tertiary/aromatic N) is 4. The predicted molar refractivity (Wildman–Crippen MR) is 120 cm³/mol. The second kappa shape index (κ2) is 9.43. The van der Waals surface area contributed by atoms with Gasteiger partial charge in [0.1, 0.15) is 5.82 Å². The van der Waals surface area contributed by atoms with Crippen LogP contribution in [-0.4, -0.2) is 52.8 Å². The van der Waals surface area contributed by atoms with Crippen LogP contribution in [0.3, 0.4) is 0 Å². The van der Waals surface area contributed by atoms with Crippen LogP contribution in [0.5, 0.6) is 0 Å². The Morgan fingerprint density at radius 3 is 2.70 bits per heavy atom. The molecule has 0 unspecified atom stereocenters. The number of rotatable bonds is 7. The van der Waals surface area contributed by atoms with Gasteiger partial charge in [-0.25, -0.2) is 9.78 Å². The van der Waals surface area contributed by atoms with Gasteiger partial charge in [0.15, 0.2) is 0 Å². The number of anilines is 2. The highest BCUT2D eigenvalue weighted by Crippen LogP contribution is 2.20. The number of amides is 2. The van der Waals surface area contributed by atoms with Crippen molar-refractivity contribution in [2.45, 2.75) is 25.7 Å². The lowest BCUT2D eigenvalue weighted by Gasteiger charge is -2.19. The van der Waals surface area contributed by atoms with Crippen LogP contribution in [-0.2, 0) is 6.42 Å². The summed E-state index contributed by atoms with van der Waals surface area (Å²) >= 11 is 0. The Balaban J connectivity index is 1.22. The monoisotopic (exact) mass is 404 g/mol. The molecule has 4 rings (SSSR count). The summed E-state index contributed by atoms with van der Waals surface area (Å²) in [6, 6.07) is 15.9. The number of pyridine rings is 1. The molecule has 0 radical (unpaired) electrons. The minimum absolute atomic E-state index is 0.125. The van der Waals surface area contributed by atoms with Crippen molar-refractivity contribution in [1.29, 1.82) is 0 Å². The highest BCUT2D eigenvalue weighted by Gasteiger charge is 2.14. The number of H-pyrrole nitrogens is 1. The van der Waals surface area contributed by atoms with Crippen molar-refractivity contribution in [3.05, 3.63) is 60.4 Å². The van der Waals surface area contributed by atoms with Gasteiger partial charge in [0, 0.05) is 37.9 Å². The quantitative estimate of drug-likeness (QED) is 0.620. The molecule has 7 heteroatoms. The molecule has 2 amide bonds. The molecule has 2 aromatic heterocycles. The number of benzene rings is 1. The first-order valence-electron chi connectivity index (χ1n) is 10.5. The van der Waals surface area contributed by atoms with Crippen LogP contribution in [0.4, 0.5) is 16.3 Å². The van der Waals surface area contributed by atoms with Gasteiger partial charge in [-0.2, -0.15) is 5.10 Å². The molecule has 7 nitrogen and oxygen atoms in total. The number of aryl methyl sites for hydroxylation is 1. The first kappa shape index (κ1) is 19.9. The van der Waals surface area contributed by atoms with E-state index in [2.05, 4.69) is 31.5 Å². The fourth-order valence-corrected chi connectivity index (χ4v) is 3.67. The molecule has 1 aliphatic rings. The number of aromatic nitrogens is 3. The van der Waals surface area contributed by atoms with Crippen molar-refractivity contribution in [3.63, 3.8) is 0 Å². The molecule has 2 N–H and O–H groups in total. The summed E-state index contributed by atoms with van der Waals surface area (Å²) in [6.07, 6.45) is 5.86. The van der Waals surface area contributed by atoms with E-state index in [0.29, 0.717) is 6.54 Å². The Labute approximate surface area is 177 Å². The largest absolute Gasteiger partial charge is 0.357 e. The van der Waals surface area contributed by atoms with Gasteiger partial charge >= 0.3 is 6.03 Å². The second-order valence-electron chi connectivity index (χ2n) is 7.70. The SMILES string of the molecule is CN(CCCc1cc(-c2ccccc2)n[nH]1)C(=O)Nc1ccc(N2CCCC2)nc1. The zero-order valence-electron chi connectivity index (χ0n) is 17.3. The van der Waals surface area contributed by atoms with Crippen LogP contribution < -0.4 is 10.2 Å². The molecule has 156 valence electrons. The molecule has 0 atom stereocenters. The van der Waals surface area contributed by atoms with Gasteiger partial charge in [-0.15, -0.1) is 0 Å². The molecule has 1 aliphatic heterocycles. The van der Waals surface area contributed by atoms with Crippen LogP contribution in [0.15, 0.2) is 54.7 Å². The standard InChI is InChI=1S/C23H28N6O/c1-28(13-7-10-19-16-21(27-26-19)18-8-3-2-4-9-18)23(30)25-20-11-12-22(24-17-20)29-14-5-6-15-29/h2-4,8-9,11-12,16-17H,5-7,10,13-15H2,1H3,(H,25,30)(H,26,27). The van der Waals surface area contributed by atoms with Gasteiger partial charge in [0.2, 0.25) is 0 Å². The summed E-state index contributed by atoms with van der Waals surface area (Å²) in [4.78, 5) is 20.9. The average Bonchev–Trinajstić information content (AvgIpc) is 3.47. The normalized spacial score (nSPS) is 13.4. The van der Waals surface area contributed by atoms with Crippen LogP contribution in [0, 0.1) is 0 Å². The Bertz CT molecular complexity index is 947. The molecular formula is C23H28N6O. The Hall–Kier alpha value is -3.35. The van der Waals surface area contributed by atoms with Crippen LogP contribution in [0.25, 0.3) is 11.3 Å². The van der Waals surface area contributed by atoms with E-state index in [1.165, 1.54) is 12.8 Å². The van der Waals surface area contributed by atoms with E-state index in [4.69, 9.17) is 0 Å². The zero-order chi connectivity index (χ0) is 20.8. The van der Waals surface area contributed by atoms with Gasteiger partial charge in [0.25, 0.3) is 0 Å². The third kappa shape index (κ3) is 4.97. The molecule has 1 fully saturated rings. The van der Waals surface area contributed by atoms with E-state index in [1.54, 1.807) is 11.1 Å². The number of hydrogen-bond donors (Lipinski definition) is 2. The van der Waals surface area contributed by atoms with E-state index in [9.17, 15) is 4.79 Å². The van der Waals surface area contributed by atoms with Crippen LogP contribution >= 0.6 is 0 Å². The minimum Gasteiger partial charge on any atom is -0.357 e. The lowest BCUT2D eigenvalue weighted by molar-refractivity contribution is 0.222. The summed E-state index contributed by atoms with van der Waals surface area (Å²) in [5.41, 5.74) is 3.84. The molecule has 3 heterocycles. The van der Waals surface area contributed by atoms with Crippen molar-refractivity contribution < 1.29 is 4.79 Å². The molecule has 0 bridgehead atoms. The number of carbonyl (C=O) groups is 1. The summed E-state index contributed by atoms with van der Waals surface area (Å²) < 4.78 is 0. The minimum atomic E-state index is -0.125. The number of nitrogens with one attached hydrogen (secondary N) is 2. The fraction of sp³-hybridized carbons (Fsp3) is 0.348. The fourth-order valence-electron chi connectivity index (χ4n) is 3.67. The maximum absolute atomic E-state index is 12.4. The maximum Gasteiger partial charge on any atom is 0.321 e. The molecule has 1 aromatic carbocycles. The van der Waals surface area contributed by atoms with Gasteiger partial charge in [0.05, 0.1) is 17.6 Å². The molecule has 1 saturated heterocycles. The molecular weight excluding hydrogens is 376 g/mol. The van der Waals surface area contributed by atoms with E-state index in [-0.39, 0.29) is 6.03 Å². The lowest BCUT2D eigenvalue weighted by atomic mass is 10.1. The maximum atomic E-state index is 12.4. The summed E-state index contributed by atoms with van der Waals surface area (Å²) in [7, 11) is 1.81. The highest BCUT2D eigenvalue weighted by molar-refractivity contribution is 5.89. The van der Waals surface area contributed by atoms with Crippen molar-refractivity contribution >= 4 is 17.5 Å². The lowest BCUT2D eigenvalue weighted by Crippen LogP contribution is -2.32. The summed E-state index contributed by atoms with van der Waals surface area (Å²) in [6.45, 7) is 2.78.